The third-order valence-corrected chi connectivity index (χ3v) is 8.68. The second-order valence-electron chi connectivity index (χ2n) is 6.76. The molecule has 1 amide bonds. The van der Waals surface area contributed by atoms with Crippen LogP contribution in [0.1, 0.15) is 0 Å². The molecule has 0 aliphatic carbocycles. The van der Waals surface area contributed by atoms with Gasteiger partial charge < -0.3 is 4.90 Å². The molecule has 0 bridgehead atoms. The first-order valence-corrected chi connectivity index (χ1v) is 11.6. The highest BCUT2D eigenvalue weighted by atomic mass is 35.5. The van der Waals surface area contributed by atoms with E-state index in [1.807, 2.05) is 18.2 Å². The number of amides is 1. The standard InChI is InChI=1S/C18H19ClN4O4S2/c1-20-13-4-2-3-5-14(13)23(18(20)25)12-16(24)21-8-10-22(11-9-21)29(26,27)17-7-6-15(19)28-17/h2-7H,8-12H2,1H3. The van der Waals surface area contributed by atoms with Crippen LogP contribution in [0.15, 0.2) is 45.4 Å². The number of rotatable bonds is 4. The first-order valence-electron chi connectivity index (χ1n) is 8.96. The van der Waals surface area contributed by atoms with E-state index >= 15 is 0 Å². The summed E-state index contributed by atoms with van der Waals surface area (Å²) in [6, 6.07) is 10.4. The van der Waals surface area contributed by atoms with Crippen molar-refractivity contribution in [1.82, 2.24) is 18.3 Å². The summed E-state index contributed by atoms with van der Waals surface area (Å²) in [7, 11) is -1.94. The van der Waals surface area contributed by atoms with E-state index < -0.39 is 10.0 Å². The lowest BCUT2D eigenvalue weighted by Crippen LogP contribution is -2.51. The molecule has 29 heavy (non-hydrogen) atoms. The lowest BCUT2D eigenvalue weighted by Gasteiger charge is -2.33. The number of imidazole rings is 1. The fraction of sp³-hybridized carbons (Fsp3) is 0.333. The van der Waals surface area contributed by atoms with E-state index in [1.54, 1.807) is 24.1 Å². The van der Waals surface area contributed by atoms with Gasteiger partial charge in [0, 0.05) is 33.2 Å². The number of hydrogen-bond acceptors (Lipinski definition) is 5. The minimum atomic E-state index is -3.61. The number of para-hydroxylation sites is 2. The van der Waals surface area contributed by atoms with Crippen molar-refractivity contribution in [1.29, 1.82) is 0 Å². The fourth-order valence-corrected chi connectivity index (χ4v) is 6.55. The summed E-state index contributed by atoms with van der Waals surface area (Å²) in [6.45, 7) is 0.878. The number of thiophene rings is 1. The smallest absolute Gasteiger partial charge is 0.329 e. The number of fused-ring (bicyclic) bond motifs is 1. The van der Waals surface area contributed by atoms with E-state index in [9.17, 15) is 18.0 Å². The number of piperazine rings is 1. The van der Waals surface area contributed by atoms with Crippen molar-refractivity contribution >= 4 is 49.9 Å². The van der Waals surface area contributed by atoms with E-state index in [0.29, 0.717) is 9.85 Å². The number of hydrogen-bond donors (Lipinski definition) is 0. The molecule has 0 saturated carbocycles. The molecule has 3 aromatic rings. The Kier molecular flexibility index (Phi) is 5.28. The average molecular weight is 455 g/mol. The average Bonchev–Trinajstić information content (AvgIpc) is 3.26. The van der Waals surface area contributed by atoms with Crippen molar-refractivity contribution in [3.8, 4) is 0 Å². The van der Waals surface area contributed by atoms with Crippen molar-refractivity contribution in [2.24, 2.45) is 7.05 Å². The van der Waals surface area contributed by atoms with Crippen LogP contribution in [-0.2, 0) is 28.4 Å². The van der Waals surface area contributed by atoms with Gasteiger partial charge >= 0.3 is 5.69 Å². The summed E-state index contributed by atoms with van der Waals surface area (Å²) >= 11 is 6.87. The monoisotopic (exact) mass is 454 g/mol. The van der Waals surface area contributed by atoms with E-state index in [-0.39, 0.29) is 48.5 Å². The summed E-state index contributed by atoms with van der Waals surface area (Å²) < 4.78 is 30.3. The molecule has 2 aromatic heterocycles. The molecule has 154 valence electrons. The number of aryl methyl sites for hydroxylation is 1. The van der Waals surface area contributed by atoms with Gasteiger partial charge in [-0.15, -0.1) is 11.3 Å². The van der Waals surface area contributed by atoms with Gasteiger partial charge in [0.25, 0.3) is 10.0 Å². The summed E-state index contributed by atoms with van der Waals surface area (Å²) in [5.41, 5.74) is 1.20. The highest BCUT2D eigenvalue weighted by molar-refractivity contribution is 7.91. The quantitative estimate of drug-likeness (QED) is 0.599. The Bertz CT molecular complexity index is 1240. The Morgan fingerprint density at radius 1 is 1.07 bits per heavy atom. The first kappa shape index (κ1) is 20.1. The number of halogens is 1. The van der Waals surface area contributed by atoms with Gasteiger partial charge in [-0.25, -0.2) is 13.2 Å². The molecule has 1 fully saturated rings. The Labute approximate surface area is 176 Å². The van der Waals surface area contributed by atoms with Crippen molar-refractivity contribution < 1.29 is 13.2 Å². The summed E-state index contributed by atoms with van der Waals surface area (Å²) in [5, 5.41) is 0. The maximum Gasteiger partial charge on any atom is 0.329 e. The molecule has 0 spiro atoms. The number of aromatic nitrogens is 2. The molecule has 1 saturated heterocycles. The minimum Gasteiger partial charge on any atom is -0.338 e. The van der Waals surface area contributed by atoms with Gasteiger partial charge in [-0.1, -0.05) is 23.7 Å². The van der Waals surface area contributed by atoms with Crippen LogP contribution >= 0.6 is 22.9 Å². The van der Waals surface area contributed by atoms with Crippen molar-refractivity contribution in [3.63, 3.8) is 0 Å². The van der Waals surface area contributed by atoms with Crippen LogP contribution < -0.4 is 5.69 Å². The Hall–Kier alpha value is -2.14. The molecule has 4 rings (SSSR count). The molecule has 8 nitrogen and oxygen atoms in total. The number of carbonyl (C=O) groups is 1. The van der Waals surface area contributed by atoms with Crippen LogP contribution in [0, 0.1) is 0 Å². The lowest BCUT2D eigenvalue weighted by molar-refractivity contribution is -0.133. The third-order valence-electron chi connectivity index (χ3n) is 5.08. The maximum absolute atomic E-state index is 12.8. The molecule has 1 aliphatic rings. The van der Waals surface area contributed by atoms with E-state index in [4.69, 9.17) is 11.6 Å². The lowest BCUT2D eigenvalue weighted by atomic mass is 10.3. The SMILES string of the molecule is Cn1c(=O)n(CC(=O)N2CCN(S(=O)(=O)c3ccc(Cl)s3)CC2)c2ccccc21. The van der Waals surface area contributed by atoms with Gasteiger partial charge in [-0.2, -0.15) is 4.31 Å². The molecular formula is C18H19ClN4O4S2. The largest absolute Gasteiger partial charge is 0.338 e. The molecule has 3 heterocycles. The van der Waals surface area contributed by atoms with Crippen molar-refractivity contribution in [2.45, 2.75) is 10.8 Å². The maximum atomic E-state index is 12.8. The number of benzene rings is 1. The first-order chi connectivity index (χ1) is 13.8. The summed E-state index contributed by atoms with van der Waals surface area (Å²) in [6.07, 6.45) is 0. The molecule has 0 unspecified atom stereocenters. The summed E-state index contributed by atoms with van der Waals surface area (Å²) in [5.74, 6) is -0.209. The zero-order chi connectivity index (χ0) is 20.8. The molecule has 1 aliphatic heterocycles. The second-order valence-corrected chi connectivity index (χ2v) is 10.6. The van der Waals surface area contributed by atoms with Crippen LogP contribution in [0.4, 0.5) is 0 Å². The Morgan fingerprint density at radius 2 is 1.72 bits per heavy atom. The zero-order valence-corrected chi connectivity index (χ0v) is 18.0. The van der Waals surface area contributed by atoms with Crippen LogP contribution in [0.3, 0.4) is 0 Å². The number of carbonyl (C=O) groups excluding carboxylic acids is 1. The Balaban J connectivity index is 1.47. The molecule has 11 heteroatoms. The number of sulfonamides is 1. The van der Waals surface area contributed by atoms with Crippen molar-refractivity contribution in [2.75, 3.05) is 26.2 Å². The Morgan fingerprint density at radius 3 is 2.34 bits per heavy atom. The van der Waals surface area contributed by atoms with E-state index in [1.165, 1.54) is 19.5 Å². The van der Waals surface area contributed by atoms with Gasteiger partial charge in [0.05, 0.1) is 15.4 Å². The van der Waals surface area contributed by atoms with Crippen LogP contribution in [0.25, 0.3) is 11.0 Å². The summed E-state index contributed by atoms with van der Waals surface area (Å²) in [4.78, 5) is 26.9. The third kappa shape index (κ3) is 3.61. The van der Waals surface area contributed by atoms with Crippen LogP contribution in [0.2, 0.25) is 4.34 Å². The molecule has 0 N–H and O–H groups in total. The van der Waals surface area contributed by atoms with Gasteiger partial charge in [-0.3, -0.25) is 13.9 Å². The number of nitrogens with zero attached hydrogens (tertiary/aromatic N) is 4. The molecule has 0 radical (unpaired) electrons. The van der Waals surface area contributed by atoms with Gasteiger partial charge in [0.2, 0.25) is 5.91 Å². The normalized spacial score (nSPS) is 15.9. The van der Waals surface area contributed by atoms with Gasteiger partial charge in [0.1, 0.15) is 10.8 Å². The molecular weight excluding hydrogens is 436 g/mol. The van der Waals surface area contributed by atoms with Gasteiger partial charge in [0.15, 0.2) is 0 Å². The second kappa shape index (κ2) is 7.60. The van der Waals surface area contributed by atoms with Gasteiger partial charge in [-0.05, 0) is 24.3 Å². The van der Waals surface area contributed by atoms with Crippen molar-refractivity contribution in [3.05, 3.63) is 51.2 Å². The zero-order valence-electron chi connectivity index (χ0n) is 15.6. The fourth-order valence-electron chi connectivity index (χ4n) is 3.49. The molecule has 1 aromatic carbocycles. The topological polar surface area (TPSA) is 84.6 Å². The highest BCUT2D eigenvalue weighted by Gasteiger charge is 2.31. The minimum absolute atomic E-state index is 0.0759. The van der Waals surface area contributed by atoms with E-state index in [2.05, 4.69) is 0 Å². The molecule has 0 atom stereocenters. The van der Waals surface area contributed by atoms with E-state index in [0.717, 1.165) is 16.9 Å². The van der Waals surface area contributed by atoms with Crippen LogP contribution in [0.5, 0.6) is 0 Å². The predicted molar refractivity (Wildman–Crippen MR) is 112 cm³/mol. The predicted octanol–water partition coefficient (Wildman–Crippen LogP) is 1.59. The highest BCUT2D eigenvalue weighted by Crippen LogP contribution is 2.28. The van der Waals surface area contributed by atoms with Crippen LogP contribution in [-0.4, -0.2) is 58.8 Å².